The molecule has 0 unspecified atom stereocenters. The van der Waals surface area contributed by atoms with Crippen LogP contribution in [0.2, 0.25) is 0 Å². The van der Waals surface area contributed by atoms with E-state index in [-0.39, 0.29) is 11.7 Å². The Hall–Kier alpha value is -1.64. The molecule has 1 amide bonds. The molecule has 0 aromatic heterocycles. The Balaban J connectivity index is 2.63. The molecule has 0 aliphatic rings. The second-order valence-corrected chi connectivity index (χ2v) is 3.79. The number of rotatable bonds is 5. The molecule has 1 aromatic carbocycles. The van der Waals surface area contributed by atoms with E-state index in [9.17, 15) is 9.59 Å². The number of carbonyl (C=O) groups excluding carboxylic acids is 2. The Morgan fingerprint density at radius 2 is 2.06 bits per heavy atom. The molecule has 86 valence electrons. The lowest BCUT2D eigenvalue weighted by Gasteiger charge is -2.05. The van der Waals surface area contributed by atoms with Crippen LogP contribution < -0.4 is 5.32 Å². The Labute approximate surface area is 95.9 Å². The van der Waals surface area contributed by atoms with Crippen molar-refractivity contribution in [2.45, 2.75) is 33.1 Å². The van der Waals surface area contributed by atoms with Crippen LogP contribution in [-0.2, 0) is 4.79 Å². The average molecular weight is 219 g/mol. The summed E-state index contributed by atoms with van der Waals surface area (Å²) in [7, 11) is 0. The molecule has 3 heteroatoms. The molecule has 0 aliphatic carbocycles. The Morgan fingerprint density at radius 3 is 2.69 bits per heavy atom. The highest BCUT2D eigenvalue weighted by Gasteiger charge is 2.03. The van der Waals surface area contributed by atoms with Gasteiger partial charge in [-0.2, -0.15) is 0 Å². The van der Waals surface area contributed by atoms with Gasteiger partial charge in [0.2, 0.25) is 5.91 Å². The Morgan fingerprint density at radius 1 is 1.31 bits per heavy atom. The van der Waals surface area contributed by atoms with E-state index < -0.39 is 0 Å². The predicted octanol–water partition coefficient (Wildman–Crippen LogP) is 3.02. The van der Waals surface area contributed by atoms with Crippen molar-refractivity contribution in [1.82, 2.24) is 0 Å². The maximum Gasteiger partial charge on any atom is 0.224 e. The summed E-state index contributed by atoms with van der Waals surface area (Å²) < 4.78 is 0. The number of ketones is 1. The third kappa shape index (κ3) is 3.85. The molecular formula is C13H17NO2. The number of benzene rings is 1. The number of carbonyl (C=O) groups is 2. The van der Waals surface area contributed by atoms with Gasteiger partial charge in [0.15, 0.2) is 5.78 Å². The number of unbranched alkanes of at least 4 members (excludes halogenated alkanes) is 1. The van der Waals surface area contributed by atoms with Gasteiger partial charge < -0.3 is 5.32 Å². The van der Waals surface area contributed by atoms with Crippen molar-refractivity contribution in [2.75, 3.05) is 5.32 Å². The zero-order valence-corrected chi connectivity index (χ0v) is 9.75. The minimum atomic E-state index is 0.00236. The Bertz CT molecular complexity index is 385. The molecule has 0 bridgehead atoms. The van der Waals surface area contributed by atoms with Gasteiger partial charge in [-0.05, 0) is 25.5 Å². The summed E-state index contributed by atoms with van der Waals surface area (Å²) in [5.74, 6) is 0.00668. The van der Waals surface area contributed by atoms with Crippen LogP contribution in [0.15, 0.2) is 24.3 Å². The maximum atomic E-state index is 11.5. The van der Waals surface area contributed by atoms with Gasteiger partial charge in [-0.25, -0.2) is 0 Å². The summed E-state index contributed by atoms with van der Waals surface area (Å²) in [6.45, 7) is 3.56. The van der Waals surface area contributed by atoms with Crippen LogP contribution >= 0.6 is 0 Å². The first-order valence-corrected chi connectivity index (χ1v) is 5.54. The molecule has 0 atom stereocenters. The molecular weight excluding hydrogens is 202 g/mol. The minimum absolute atomic E-state index is 0.00236. The summed E-state index contributed by atoms with van der Waals surface area (Å²) in [5, 5.41) is 2.78. The highest BCUT2D eigenvalue weighted by molar-refractivity contribution is 5.97. The molecule has 3 nitrogen and oxygen atoms in total. The first-order valence-electron chi connectivity index (χ1n) is 5.54. The minimum Gasteiger partial charge on any atom is -0.326 e. The van der Waals surface area contributed by atoms with E-state index in [1.165, 1.54) is 6.92 Å². The molecule has 0 aliphatic heterocycles. The lowest BCUT2D eigenvalue weighted by molar-refractivity contribution is -0.116. The maximum absolute atomic E-state index is 11.5. The van der Waals surface area contributed by atoms with Crippen molar-refractivity contribution in [3.63, 3.8) is 0 Å². The second kappa shape index (κ2) is 6.05. The number of amides is 1. The quantitative estimate of drug-likeness (QED) is 0.774. The predicted molar refractivity (Wildman–Crippen MR) is 64.6 cm³/mol. The van der Waals surface area contributed by atoms with E-state index in [0.29, 0.717) is 17.7 Å². The summed E-state index contributed by atoms with van der Waals surface area (Å²) >= 11 is 0. The van der Waals surface area contributed by atoms with Gasteiger partial charge in [0.1, 0.15) is 0 Å². The van der Waals surface area contributed by atoms with Gasteiger partial charge in [0.25, 0.3) is 0 Å². The van der Waals surface area contributed by atoms with Gasteiger partial charge in [0, 0.05) is 17.7 Å². The standard InChI is InChI=1S/C13H17NO2/c1-3-4-8-13(16)14-12-7-5-6-11(9-12)10(2)15/h5-7,9H,3-4,8H2,1-2H3,(H,14,16). The number of hydrogen-bond acceptors (Lipinski definition) is 2. The van der Waals surface area contributed by atoms with Gasteiger partial charge in [-0.3, -0.25) is 9.59 Å². The highest BCUT2D eigenvalue weighted by atomic mass is 16.1. The molecule has 0 spiro atoms. The van der Waals surface area contributed by atoms with E-state index in [1.54, 1.807) is 24.3 Å². The summed E-state index contributed by atoms with van der Waals surface area (Å²) in [6, 6.07) is 7.00. The average Bonchev–Trinajstić information content (AvgIpc) is 2.26. The first-order chi connectivity index (χ1) is 7.63. The second-order valence-electron chi connectivity index (χ2n) is 3.79. The third-order valence-electron chi connectivity index (χ3n) is 2.31. The summed E-state index contributed by atoms with van der Waals surface area (Å²) in [6.07, 6.45) is 2.42. The molecule has 0 heterocycles. The molecule has 0 saturated heterocycles. The van der Waals surface area contributed by atoms with Crippen LogP contribution in [0.3, 0.4) is 0 Å². The number of nitrogens with one attached hydrogen (secondary N) is 1. The topological polar surface area (TPSA) is 46.2 Å². The molecule has 16 heavy (non-hydrogen) atoms. The zero-order chi connectivity index (χ0) is 12.0. The smallest absolute Gasteiger partial charge is 0.224 e. The highest BCUT2D eigenvalue weighted by Crippen LogP contribution is 2.11. The molecule has 0 radical (unpaired) electrons. The SMILES string of the molecule is CCCCC(=O)Nc1cccc(C(C)=O)c1. The van der Waals surface area contributed by atoms with E-state index in [1.807, 2.05) is 6.92 Å². The van der Waals surface area contributed by atoms with Gasteiger partial charge in [-0.1, -0.05) is 25.5 Å². The fraction of sp³-hybridized carbons (Fsp3) is 0.385. The molecule has 1 N–H and O–H groups in total. The molecule has 1 rings (SSSR count). The van der Waals surface area contributed by atoms with Crippen molar-refractivity contribution in [1.29, 1.82) is 0 Å². The normalized spacial score (nSPS) is 9.88. The number of anilines is 1. The van der Waals surface area contributed by atoms with Crippen molar-refractivity contribution in [2.24, 2.45) is 0 Å². The van der Waals surface area contributed by atoms with Crippen LogP contribution in [0, 0.1) is 0 Å². The van der Waals surface area contributed by atoms with Crippen LogP contribution in [-0.4, -0.2) is 11.7 Å². The summed E-state index contributed by atoms with van der Waals surface area (Å²) in [4.78, 5) is 22.6. The fourth-order valence-corrected chi connectivity index (χ4v) is 1.38. The van der Waals surface area contributed by atoms with Crippen molar-refractivity contribution >= 4 is 17.4 Å². The van der Waals surface area contributed by atoms with Crippen molar-refractivity contribution in [3.05, 3.63) is 29.8 Å². The van der Waals surface area contributed by atoms with Crippen LogP contribution in [0.4, 0.5) is 5.69 Å². The van der Waals surface area contributed by atoms with Crippen molar-refractivity contribution in [3.8, 4) is 0 Å². The fourth-order valence-electron chi connectivity index (χ4n) is 1.38. The van der Waals surface area contributed by atoms with Crippen LogP contribution in [0.1, 0.15) is 43.5 Å². The van der Waals surface area contributed by atoms with Gasteiger partial charge in [0.05, 0.1) is 0 Å². The third-order valence-corrected chi connectivity index (χ3v) is 2.31. The lowest BCUT2D eigenvalue weighted by Crippen LogP contribution is -2.11. The first kappa shape index (κ1) is 12.4. The molecule has 0 fully saturated rings. The van der Waals surface area contributed by atoms with Crippen LogP contribution in [0.5, 0.6) is 0 Å². The monoisotopic (exact) mass is 219 g/mol. The lowest BCUT2D eigenvalue weighted by atomic mass is 10.1. The van der Waals surface area contributed by atoms with E-state index in [0.717, 1.165) is 12.8 Å². The number of hydrogen-bond donors (Lipinski definition) is 1. The van der Waals surface area contributed by atoms with Crippen molar-refractivity contribution < 1.29 is 9.59 Å². The molecule has 1 aromatic rings. The largest absolute Gasteiger partial charge is 0.326 e. The molecule has 0 saturated carbocycles. The number of Topliss-reactive ketones (excluding diaryl/α,β-unsaturated/α-hetero) is 1. The summed E-state index contributed by atoms with van der Waals surface area (Å²) in [5.41, 5.74) is 1.31. The van der Waals surface area contributed by atoms with E-state index in [4.69, 9.17) is 0 Å². The van der Waals surface area contributed by atoms with E-state index in [2.05, 4.69) is 5.32 Å². The van der Waals surface area contributed by atoms with Gasteiger partial charge in [-0.15, -0.1) is 0 Å². The van der Waals surface area contributed by atoms with Gasteiger partial charge >= 0.3 is 0 Å². The van der Waals surface area contributed by atoms with Crippen LogP contribution in [0.25, 0.3) is 0 Å². The zero-order valence-electron chi connectivity index (χ0n) is 9.75. The Kier molecular flexibility index (Phi) is 4.70. The van der Waals surface area contributed by atoms with E-state index >= 15 is 0 Å².